The zero-order valence-electron chi connectivity index (χ0n) is 11.6. The highest BCUT2D eigenvalue weighted by Gasteiger charge is 2.04. The highest BCUT2D eigenvalue weighted by molar-refractivity contribution is 5.37. The van der Waals surface area contributed by atoms with Crippen molar-refractivity contribution in [3.63, 3.8) is 0 Å². The monoisotopic (exact) mass is 285 g/mol. The third-order valence-corrected chi connectivity index (χ3v) is 3.02. The summed E-state index contributed by atoms with van der Waals surface area (Å²) in [5.41, 5.74) is 1.28. The molecular weight excluding hydrogens is 270 g/mol. The second-order valence-electron chi connectivity index (χ2n) is 4.68. The molecule has 0 radical (unpaired) electrons. The minimum atomic E-state index is -0.0788. The smallest absolute Gasteiger partial charge is 0.258 e. The van der Waals surface area contributed by atoms with Gasteiger partial charge in [-0.3, -0.25) is 9.20 Å². The summed E-state index contributed by atoms with van der Waals surface area (Å²) in [7, 11) is 0. The van der Waals surface area contributed by atoms with Crippen LogP contribution >= 0.6 is 0 Å². The largest absolute Gasteiger partial charge is 0.339 e. The molecule has 0 atom stereocenters. The molecule has 0 aliphatic carbocycles. The molecule has 0 saturated heterocycles. The van der Waals surface area contributed by atoms with E-state index in [-0.39, 0.29) is 5.56 Å². The van der Waals surface area contributed by atoms with Crippen molar-refractivity contribution in [3.8, 4) is 0 Å². The Labute approximate surface area is 120 Å². The number of rotatable bonds is 5. The minimum Gasteiger partial charge on any atom is -0.339 e. The van der Waals surface area contributed by atoms with Crippen molar-refractivity contribution in [2.45, 2.75) is 19.9 Å². The van der Waals surface area contributed by atoms with Crippen molar-refractivity contribution in [2.24, 2.45) is 0 Å². The van der Waals surface area contributed by atoms with E-state index in [1.54, 1.807) is 19.2 Å². The molecule has 7 nitrogen and oxygen atoms in total. The maximum atomic E-state index is 11.9. The van der Waals surface area contributed by atoms with Crippen molar-refractivity contribution >= 4 is 5.65 Å². The molecular formula is C14H15N5O2. The molecule has 0 aromatic carbocycles. The summed E-state index contributed by atoms with van der Waals surface area (Å²) in [4.78, 5) is 20.5. The Morgan fingerprint density at radius 1 is 1.33 bits per heavy atom. The van der Waals surface area contributed by atoms with Crippen LogP contribution in [0.4, 0.5) is 0 Å². The number of pyridine rings is 1. The van der Waals surface area contributed by atoms with E-state index in [0.29, 0.717) is 42.6 Å². The first-order valence-electron chi connectivity index (χ1n) is 6.69. The molecule has 0 saturated carbocycles. The summed E-state index contributed by atoms with van der Waals surface area (Å²) in [5.74, 6) is 1.24. The molecule has 3 aromatic rings. The molecule has 0 aliphatic rings. The zero-order valence-corrected chi connectivity index (χ0v) is 11.6. The molecule has 21 heavy (non-hydrogen) atoms. The predicted molar refractivity (Wildman–Crippen MR) is 75.9 cm³/mol. The van der Waals surface area contributed by atoms with Gasteiger partial charge in [0.25, 0.3) is 5.56 Å². The van der Waals surface area contributed by atoms with Crippen molar-refractivity contribution in [2.75, 3.05) is 6.54 Å². The molecule has 3 heterocycles. The molecule has 3 aromatic heterocycles. The van der Waals surface area contributed by atoms with Gasteiger partial charge in [0.15, 0.2) is 5.82 Å². The molecule has 108 valence electrons. The van der Waals surface area contributed by atoms with E-state index in [1.807, 2.05) is 12.1 Å². The van der Waals surface area contributed by atoms with E-state index >= 15 is 0 Å². The van der Waals surface area contributed by atoms with Crippen molar-refractivity contribution in [1.29, 1.82) is 0 Å². The fraction of sp³-hybridized carbons (Fsp3) is 0.286. The summed E-state index contributed by atoms with van der Waals surface area (Å²) in [6.45, 7) is 2.98. The lowest BCUT2D eigenvalue weighted by Crippen LogP contribution is -2.21. The van der Waals surface area contributed by atoms with Crippen LogP contribution in [0.25, 0.3) is 5.65 Å². The molecule has 0 aliphatic heterocycles. The predicted octanol–water partition coefficient (Wildman–Crippen LogP) is 0.718. The second kappa shape index (κ2) is 5.84. The highest BCUT2D eigenvalue weighted by atomic mass is 16.5. The third kappa shape index (κ3) is 3.14. The summed E-state index contributed by atoms with van der Waals surface area (Å²) in [6.07, 6.45) is 2.35. The van der Waals surface area contributed by atoms with Gasteiger partial charge in [-0.25, -0.2) is 4.98 Å². The van der Waals surface area contributed by atoms with E-state index in [1.165, 1.54) is 10.5 Å². The Balaban J connectivity index is 1.61. The molecule has 0 fully saturated rings. The van der Waals surface area contributed by atoms with Gasteiger partial charge in [0.05, 0.1) is 5.69 Å². The maximum Gasteiger partial charge on any atom is 0.258 e. The number of aryl methyl sites for hydroxylation is 1. The maximum absolute atomic E-state index is 11.9. The van der Waals surface area contributed by atoms with E-state index in [9.17, 15) is 4.79 Å². The third-order valence-electron chi connectivity index (χ3n) is 3.02. The quantitative estimate of drug-likeness (QED) is 0.695. The average molecular weight is 285 g/mol. The summed E-state index contributed by atoms with van der Waals surface area (Å²) >= 11 is 0. The lowest BCUT2D eigenvalue weighted by Gasteiger charge is -2.04. The van der Waals surface area contributed by atoms with Crippen LogP contribution in [0.15, 0.2) is 39.8 Å². The van der Waals surface area contributed by atoms with Gasteiger partial charge >= 0.3 is 0 Å². The lowest BCUT2D eigenvalue weighted by molar-refractivity contribution is 0.372. The Morgan fingerprint density at radius 2 is 2.24 bits per heavy atom. The number of fused-ring (bicyclic) bond motifs is 1. The first kappa shape index (κ1) is 13.4. The van der Waals surface area contributed by atoms with Crippen LogP contribution in [0, 0.1) is 6.92 Å². The van der Waals surface area contributed by atoms with Gasteiger partial charge in [0.2, 0.25) is 5.89 Å². The van der Waals surface area contributed by atoms with Gasteiger partial charge < -0.3 is 9.84 Å². The van der Waals surface area contributed by atoms with Gasteiger partial charge in [-0.2, -0.15) is 4.98 Å². The zero-order chi connectivity index (χ0) is 14.7. The first-order chi connectivity index (χ1) is 10.2. The fourth-order valence-electron chi connectivity index (χ4n) is 2.05. The highest BCUT2D eigenvalue weighted by Crippen LogP contribution is 1.99. The van der Waals surface area contributed by atoms with Gasteiger partial charge in [-0.15, -0.1) is 0 Å². The van der Waals surface area contributed by atoms with Crippen LogP contribution in [0.5, 0.6) is 0 Å². The van der Waals surface area contributed by atoms with Crippen LogP contribution in [0.3, 0.4) is 0 Å². The molecule has 3 rings (SSSR count). The molecule has 7 heteroatoms. The SMILES string of the molecule is Cc1noc(CCNCc2cc(=O)n3ccccc3n2)n1. The van der Waals surface area contributed by atoms with E-state index in [0.717, 1.165) is 0 Å². The molecule has 1 N–H and O–H groups in total. The van der Waals surface area contributed by atoms with E-state index < -0.39 is 0 Å². The first-order valence-corrected chi connectivity index (χ1v) is 6.69. The van der Waals surface area contributed by atoms with Crippen molar-refractivity contribution in [1.82, 2.24) is 24.8 Å². The standard InChI is InChI=1S/C14H15N5O2/c1-10-16-13(21-18-10)5-6-15-9-11-8-14(20)19-7-3-2-4-12(19)17-11/h2-4,7-8,15H,5-6,9H2,1H3. The van der Waals surface area contributed by atoms with E-state index in [2.05, 4.69) is 20.4 Å². The fourth-order valence-corrected chi connectivity index (χ4v) is 2.05. The van der Waals surface area contributed by atoms with Crippen LogP contribution in [0.2, 0.25) is 0 Å². The number of aromatic nitrogens is 4. The topological polar surface area (TPSA) is 85.3 Å². The molecule has 0 amide bonds. The van der Waals surface area contributed by atoms with Crippen molar-refractivity contribution in [3.05, 3.63) is 58.2 Å². The number of nitrogens with zero attached hydrogens (tertiary/aromatic N) is 4. The van der Waals surface area contributed by atoms with Gasteiger partial charge in [0.1, 0.15) is 5.65 Å². The van der Waals surface area contributed by atoms with E-state index in [4.69, 9.17) is 4.52 Å². The minimum absolute atomic E-state index is 0.0788. The number of hydrogen-bond acceptors (Lipinski definition) is 6. The Hall–Kier alpha value is -2.54. The van der Waals surface area contributed by atoms with Gasteiger partial charge in [-0.1, -0.05) is 11.2 Å². The molecule has 0 unspecified atom stereocenters. The lowest BCUT2D eigenvalue weighted by atomic mass is 10.3. The Morgan fingerprint density at radius 3 is 3.05 bits per heavy atom. The van der Waals surface area contributed by atoms with Crippen LogP contribution < -0.4 is 10.9 Å². The average Bonchev–Trinajstić information content (AvgIpc) is 2.89. The number of nitrogens with one attached hydrogen (secondary N) is 1. The second-order valence-corrected chi connectivity index (χ2v) is 4.68. The van der Waals surface area contributed by atoms with Crippen LogP contribution in [0.1, 0.15) is 17.4 Å². The van der Waals surface area contributed by atoms with Gasteiger partial charge in [-0.05, 0) is 19.1 Å². The molecule has 0 bridgehead atoms. The summed E-state index contributed by atoms with van der Waals surface area (Å²) in [5, 5.41) is 6.94. The Kier molecular flexibility index (Phi) is 3.74. The summed E-state index contributed by atoms with van der Waals surface area (Å²) in [6, 6.07) is 7.01. The number of hydrogen-bond donors (Lipinski definition) is 1. The van der Waals surface area contributed by atoms with Crippen molar-refractivity contribution < 1.29 is 4.52 Å². The van der Waals surface area contributed by atoms with Crippen LogP contribution in [-0.4, -0.2) is 26.1 Å². The normalized spacial score (nSPS) is 11.1. The van der Waals surface area contributed by atoms with Crippen LogP contribution in [-0.2, 0) is 13.0 Å². The Bertz CT molecular complexity index is 808. The van der Waals surface area contributed by atoms with Gasteiger partial charge in [0, 0.05) is 31.8 Å². The molecule has 0 spiro atoms. The summed E-state index contributed by atoms with van der Waals surface area (Å²) < 4.78 is 6.54.